The van der Waals surface area contributed by atoms with Crippen molar-refractivity contribution in [3.05, 3.63) is 36.0 Å². The highest BCUT2D eigenvalue weighted by Gasteiger charge is 2.39. The number of piperazine rings is 1. The molecule has 6 atom stereocenters. The van der Waals surface area contributed by atoms with Gasteiger partial charge < -0.3 is 34.4 Å². The van der Waals surface area contributed by atoms with E-state index in [2.05, 4.69) is 4.90 Å². The van der Waals surface area contributed by atoms with Crippen LogP contribution in [0.4, 0.5) is 9.59 Å². The van der Waals surface area contributed by atoms with Crippen molar-refractivity contribution >= 4 is 23.8 Å². The van der Waals surface area contributed by atoms with Crippen molar-refractivity contribution in [1.82, 2.24) is 14.7 Å². The third kappa shape index (κ3) is 10.2. The fraction of sp³-hybridized carbons (Fsp3) is 0.714. The lowest BCUT2D eigenvalue weighted by molar-refractivity contribution is -0.140. The Kier molecular flexibility index (Phi) is 13.2. The summed E-state index contributed by atoms with van der Waals surface area (Å²) in [5.74, 6) is -2.67. The van der Waals surface area contributed by atoms with Crippen molar-refractivity contribution in [3.63, 3.8) is 0 Å². The van der Waals surface area contributed by atoms with Crippen molar-refractivity contribution < 1.29 is 38.9 Å². The van der Waals surface area contributed by atoms with Crippen LogP contribution in [0.5, 0.6) is 0 Å². The van der Waals surface area contributed by atoms with Gasteiger partial charge in [-0.05, 0) is 72.4 Å². The van der Waals surface area contributed by atoms with Gasteiger partial charge in [-0.1, -0.05) is 43.7 Å². The summed E-state index contributed by atoms with van der Waals surface area (Å²) in [5, 5.41) is 22.0. The van der Waals surface area contributed by atoms with E-state index in [1.165, 1.54) is 0 Å². The van der Waals surface area contributed by atoms with Gasteiger partial charge in [0.15, 0.2) is 6.10 Å². The number of nitrogens with zero attached hydrogens (tertiary/aromatic N) is 3. The topological polar surface area (TPSA) is 137 Å². The predicted molar refractivity (Wildman–Crippen MR) is 175 cm³/mol. The Labute approximate surface area is 274 Å². The molecular formula is C35H55N3O8. The number of carbonyl (C=O) groups excluding carboxylic acids is 4. The first-order valence-electron chi connectivity index (χ1n) is 16.6. The molecule has 1 aliphatic carbocycles. The molecule has 2 amide bonds. The summed E-state index contributed by atoms with van der Waals surface area (Å²) in [5.41, 5.74) is -1.09. The van der Waals surface area contributed by atoms with E-state index in [0.717, 1.165) is 12.8 Å². The molecule has 0 bridgehead atoms. The van der Waals surface area contributed by atoms with Gasteiger partial charge in [0.2, 0.25) is 11.6 Å². The fourth-order valence-corrected chi connectivity index (χ4v) is 6.27. The number of aliphatic hydroxyl groups excluding tert-OH is 1. The summed E-state index contributed by atoms with van der Waals surface area (Å²) < 4.78 is 11.4. The molecule has 2 N–H and O–H groups in total. The summed E-state index contributed by atoms with van der Waals surface area (Å²) in [6, 6.07) is 0. The Morgan fingerprint density at radius 2 is 1.74 bits per heavy atom. The van der Waals surface area contributed by atoms with Gasteiger partial charge in [0.1, 0.15) is 5.60 Å². The first-order chi connectivity index (χ1) is 21.5. The molecule has 258 valence electrons. The molecule has 2 aliphatic heterocycles. The normalized spacial score (nSPS) is 31.7. The zero-order valence-electron chi connectivity index (χ0n) is 28.7. The predicted octanol–water partition coefficient (Wildman–Crippen LogP) is 4.13. The molecule has 46 heavy (non-hydrogen) atoms. The molecule has 0 aromatic heterocycles. The highest BCUT2D eigenvalue weighted by atomic mass is 16.6. The van der Waals surface area contributed by atoms with E-state index in [9.17, 15) is 29.4 Å². The van der Waals surface area contributed by atoms with Crippen LogP contribution in [0.2, 0.25) is 0 Å². The van der Waals surface area contributed by atoms with Gasteiger partial charge in [-0.3, -0.25) is 9.59 Å². The van der Waals surface area contributed by atoms with Crippen LogP contribution >= 0.6 is 0 Å². The standard InChI is InChI=1S/C35H55N3O8/c1-24(23-45-33(43)38-17-9-15-34(38,4)5)10-8-11-25(2)30-26(3)12-13-29(46-32(42)37-20-18-36(7)19-21-37)35(6,44)16-14-27(39)22-28(40)31(30)41/h8,10-13,24,26-27,29-30,39,44H,9,14-23H2,1-7H3/b10-8+,13-12+,25-11+/t24-,26+,27+,29+,30-,35+/m1/s1. The molecule has 3 rings (SSSR count). The quantitative estimate of drug-likeness (QED) is 0.248. The van der Waals surface area contributed by atoms with Gasteiger partial charge in [0.25, 0.3) is 0 Å². The minimum atomic E-state index is -1.51. The maximum atomic E-state index is 13.5. The number of ketones is 2. The minimum Gasteiger partial charge on any atom is -0.449 e. The number of allylic oxidation sites excluding steroid dienone is 4. The summed E-state index contributed by atoms with van der Waals surface area (Å²) in [6.07, 6.45) is 7.40. The van der Waals surface area contributed by atoms with E-state index in [1.807, 2.05) is 33.9 Å². The lowest BCUT2D eigenvalue weighted by atomic mass is 9.79. The average Bonchev–Trinajstić information content (AvgIpc) is 3.35. The van der Waals surface area contributed by atoms with E-state index in [-0.39, 0.29) is 43.4 Å². The summed E-state index contributed by atoms with van der Waals surface area (Å²) >= 11 is 0. The Balaban J connectivity index is 1.75. The number of Topliss-reactive ketones (excluding diaryl/α,β-unsaturated/α-hetero) is 2. The van der Waals surface area contributed by atoms with Gasteiger partial charge >= 0.3 is 12.2 Å². The maximum Gasteiger partial charge on any atom is 0.410 e. The number of ether oxygens (including phenoxy) is 2. The van der Waals surface area contributed by atoms with Gasteiger partial charge in [-0.25, -0.2) is 9.59 Å². The number of hydrogen-bond acceptors (Lipinski definition) is 9. The van der Waals surface area contributed by atoms with Crippen molar-refractivity contribution in [2.45, 2.75) is 97.0 Å². The van der Waals surface area contributed by atoms with Crippen LogP contribution in [0.3, 0.4) is 0 Å². The largest absolute Gasteiger partial charge is 0.449 e. The van der Waals surface area contributed by atoms with Crippen LogP contribution in [0.1, 0.15) is 73.6 Å². The van der Waals surface area contributed by atoms with E-state index in [0.29, 0.717) is 38.3 Å². The molecule has 0 aromatic carbocycles. The van der Waals surface area contributed by atoms with Crippen molar-refractivity contribution in [3.8, 4) is 0 Å². The second kappa shape index (κ2) is 16.2. The summed E-state index contributed by atoms with van der Waals surface area (Å²) in [7, 11) is 1.98. The van der Waals surface area contributed by atoms with Crippen molar-refractivity contribution in [2.24, 2.45) is 17.8 Å². The minimum absolute atomic E-state index is 0.0535. The molecule has 3 aliphatic rings. The molecule has 0 unspecified atom stereocenters. The van der Waals surface area contributed by atoms with Crippen molar-refractivity contribution in [2.75, 3.05) is 46.4 Å². The number of amides is 2. The van der Waals surface area contributed by atoms with Crippen LogP contribution in [-0.2, 0) is 19.1 Å². The second-order valence-corrected chi connectivity index (χ2v) is 14.3. The van der Waals surface area contributed by atoms with Gasteiger partial charge in [0.05, 0.1) is 18.6 Å². The number of carbonyl (C=O) groups is 4. The molecule has 2 heterocycles. The second-order valence-electron chi connectivity index (χ2n) is 14.3. The van der Waals surface area contributed by atoms with Crippen LogP contribution < -0.4 is 0 Å². The lowest BCUT2D eigenvalue weighted by Gasteiger charge is -2.36. The van der Waals surface area contributed by atoms with Crippen LogP contribution in [-0.4, -0.2) is 118 Å². The molecule has 11 nitrogen and oxygen atoms in total. The maximum absolute atomic E-state index is 13.5. The fourth-order valence-electron chi connectivity index (χ4n) is 6.27. The van der Waals surface area contributed by atoms with E-state index in [4.69, 9.17) is 9.47 Å². The molecule has 0 aromatic rings. The number of likely N-dealkylation sites (tertiary alicyclic amines) is 1. The number of aliphatic hydroxyl groups is 2. The molecule has 0 spiro atoms. The lowest BCUT2D eigenvalue weighted by Crippen LogP contribution is -2.50. The smallest absolute Gasteiger partial charge is 0.410 e. The molecule has 0 saturated carbocycles. The third-order valence-electron chi connectivity index (χ3n) is 9.56. The number of hydrogen-bond donors (Lipinski definition) is 2. The zero-order valence-corrected chi connectivity index (χ0v) is 28.7. The van der Waals surface area contributed by atoms with Gasteiger partial charge in [-0.15, -0.1) is 0 Å². The Hall–Kier alpha value is -3.02. The van der Waals surface area contributed by atoms with Gasteiger partial charge in [-0.2, -0.15) is 0 Å². The number of rotatable bonds is 6. The third-order valence-corrected chi connectivity index (χ3v) is 9.56. The number of likely N-dealkylation sites (N-methyl/N-ethyl adjacent to an activating group) is 1. The zero-order chi connectivity index (χ0) is 34.2. The first kappa shape index (κ1) is 37.4. The Bertz CT molecular complexity index is 1180. The van der Waals surface area contributed by atoms with Crippen molar-refractivity contribution in [1.29, 1.82) is 0 Å². The van der Waals surface area contributed by atoms with Crippen LogP contribution in [0.15, 0.2) is 36.0 Å². The Morgan fingerprint density at radius 1 is 1.07 bits per heavy atom. The molecule has 0 radical (unpaired) electrons. The van der Waals surface area contributed by atoms with E-state index >= 15 is 0 Å². The molecular weight excluding hydrogens is 590 g/mol. The molecule has 2 fully saturated rings. The molecule has 11 heteroatoms. The van der Waals surface area contributed by atoms with Crippen LogP contribution in [0.25, 0.3) is 0 Å². The SMILES string of the molecule is C/C(=C\C=C\[C@@H](C)COC(=O)N1CCCC1(C)C)[C@H]1C(=O)C(=O)C[C@@H](O)CC[C@](C)(O)[C@@H](OC(=O)N2CCN(C)CC2)/C=C/[C@@H]1C. The van der Waals surface area contributed by atoms with Crippen LogP contribution in [0, 0.1) is 17.8 Å². The van der Waals surface area contributed by atoms with E-state index < -0.39 is 47.3 Å². The molecule has 2 saturated heterocycles. The Morgan fingerprint density at radius 3 is 2.37 bits per heavy atom. The average molecular weight is 646 g/mol. The summed E-state index contributed by atoms with van der Waals surface area (Å²) in [4.78, 5) is 57.6. The highest BCUT2D eigenvalue weighted by Crippen LogP contribution is 2.30. The first-order valence-corrected chi connectivity index (χ1v) is 16.6. The van der Waals surface area contributed by atoms with E-state index in [1.54, 1.807) is 54.9 Å². The highest BCUT2D eigenvalue weighted by molar-refractivity contribution is 6.38. The summed E-state index contributed by atoms with van der Waals surface area (Å²) in [6.45, 7) is 14.5. The van der Waals surface area contributed by atoms with Gasteiger partial charge in [0, 0.05) is 50.6 Å². The monoisotopic (exact) mass is 645 g/mol.